The molecule has 14 heavy (non-hydrogen) atoms. The van der Waals surface area contributed by atoms with Gasteiger partial charge in [0, 0.05) is 0 Å². The summed E-state index contributed by atoms with van der Waals surface area (Å²) in [6, 6.07) is 9.23. The summed E-state index contributed by atoms with van der Waals surface area (Å²) >= 11 is 0. The summed E-state index contributed by atoms with van der Waals surface area (Å²) < 4.78 is 0.115. The maximum Gasteiger partial charge on any atom is 0.356 e. The van der Waals surface area contributed by atoms with E-state index >= 15 is 0 Å². The maximum atomic E-state index is 12.0. The van der Waals surface area contributed by atoms with Gasteiger partial charge in [0.25, 0.3) is 0 Å². The van der Waals surface area contributed by atoms with Crippen LogP contribution >= 0.6 is 0 Å². The van der Waals surface area contributed by atoms with Crippen molar-refractivity contribution in [2.45, 2.75) is 0 Å². The molecule has 1 aliphatic heterocycles. The van der Waals surface area contributed by atoms with Crippen LogP contribution in [0, 0.1) is 0 Å². The smallest absolute Gasteiger partial charge is 0.225 e. The average molecular weight is 187 g/mol. The Morgan fingerprint density at radius 1 is 1.29 bits per heavy atom. The molecule has 0 saturated heterocycles. The molecule has 1 aromatic carbocycles. The number of amides is 1. The van der Waals surface area contributed by atoms with Gasteiger partial charge in [0.1, 0.15) is 6.20 Å². The molecule has 1 atom stereocenters. The predicted octanol–water partition coefficient (Wildman–Crippen LogP) is 1.79. The Bertz CT molecular complexity index is 395. The number of quaternary nitrogens is 1. The third-order valence-corrected chi connectivity index (χ3v) is 2.23. The lowest BCUT2D eigenvalue weighted by atomic mass is 10.2. The van der Waals surface area contributed by atoms with E-state index in [0.717, 1.165) is 0 Å². The van der Waals surface area contributed by atoms with Gasteiger partial charge in [0.05, 0.1) is 18.8 Å². The second kappa shape index (κ2) is 3.20. The van der Waals surface area contributed by atoms with Crippen molar-refractivity contribution in [3.8, 4) is 0 Å². The van der Waals surface area contributed by atoms with Gasteiger partial charge < -0.3 is 0 Å². The number of carbonyl (C=O) groups is 1. The average Bonchev–Trinajstić information content (AvgIpc) is 2.67. The third-order valence-electron chi connectivity index (χ3n) is 2.23. The van der Waals surface area contributed by atoms with Crippen molar-refractivity contribution >= 4 is 12.2 Å². The van der Waals surface area contributed by atoms with Crippen LogP contribution in [0.4, 0.5) is 0 Å². The van der Waals surface area contributed by atoms with Gasteiger partial charge in [-0.2, -0.15) is 4.48 Å². The summed E-state index contributed by atoms with van der Waals surface area (Å²) in [7, 11) is 1.81. The molecule has 1 aromatic rings. The van der Waals surface area contributed by atoms with Crippen LogP contribution < -0.4 is 0 Å². The van der Waals surface area contributed by atoms with Crippen LogP contribution in [0.5, 0.6) is 0 Å². The largest absolute Gasteiger partial charge is 0.356 e. The van der Waals surface area contributed by atoms with Gasteiger partial charge in [-0.3, -0.25) is 0 Å². The lowest BCUT2D eigenvalue weighted by Gasteiger charge is -2.18. The second-order valence-electron chi connectivity index (χ2n) is 3.38. The Kier molecular flexibility index (Phi) is 2.02. The molecule has 3 nitrogen and oxygen atoms in total. The Labute approximate surface area is 82.6 Å². The van der Waals surface area contributed by atoms with Crippen LogP contribution in [0.15, 0.2) is 47.7 Å². The molecule has 0 spiro atoms. The zero-order chi connectivity index (χ0) is 10.0. The van der Waals surface area contributed by atoms with Crippen LogP contribution in [0.25, 0.3) is 0 Å². The minimum absolute atomic E-state index is 0.0306. The first-order valence-corrected chi connectivity index (χ1v) is 4.40. The van der Waals surface area contributed by atoms with Crippen LogP contribution in [-0.2, 0) is 0 Å². The molecule has 70 valence electrons. The molecule has 1 amide bonds. The van der Waals surface area contributed by atoms with Crippen LogP contribution in [0.1, 0.15) is 10.4 Å². The van der Waals surface area contributed by atoms with Gasteiger partial charge in [-0.25, -0.2) is 9.79 Å². The Hall–Kier alpha value is -1.74. The van der Waals surface area contributed by atoms with E-state index in [1.807, 2.05) is 37.4 Å². The van der Waals surface area contributed by atoms with E-state index in [2.05, 4.69) is 4.99 Å². The normalized spacial score (nSPS) is 24.1. The standard InChI is InChI=1S/C11H11N2O/c1-13(8-7-12-9-13)11(14)10-5-3-2-4-6-10/h2-9H,1H3/q+1. The Morgan fingerprint density at radius 2 is 2.00 bits per heavy atom. The number of carbonyl (C=O) groups excluding carboxylic acids is 1. The monoisotopic (exact) mass is 187 g/mol. The molecule has 0 bridgehead atoms. The summed E-state index contributed by atoms with van der Waals surface area (Å²) in [6.45, 7) is 0. The number of nitrogens with zero attached hydrogens (tertiary/aromatic N) is 2. The van der Waals surface area contributed by atoms with Crippen LogP contribution in [0.2, 0.25) is 0 Å². The van der Waals surface area contributed by atoms with Crippen molar-refractivity contribution in [3.63, 3.8) is 0 Å². The lowest BCUT2D eigenvalue weighted by molar-refractivity contribution is -0.663. The number of hydrogen-bond acceptors (Lipinski definition) is 2. The third kappa shape index (κ3) is 1.38. The minimum Gasteiger partial charge on any atom is -0.225 e. The molecule has 0 radical (unpaired) electrons. The molecule has 1 aliphatic rings. The zero-order valence-corrected chi connectivity index (χ0v) is 7.92. The number of rotatable bonds is 1. The van der Waals surface area contributed by atoms with Crippen LogP contribution in [0.3, 0.4) is 0 Å². The quantitative estimate of drug-likeness (QED) is 0.616. The van der Waals surface area contributed by atoms with E-state index in [0.29, 0.717) is 5.56 Å². The van der Waals surface area contributed by atoms with Crippen molar-refractivity contribution in [1.82, 2.24) is 0 Å². The first-order chi connectivity index (χ1) is 6.72. The van der Waals surface area contributed by atoms with Crippen LogP contribution in [-0.4, -0.2) is 23.8 Å². The first-order valence-electron chi connectivity index (χ1n) is 4.40. The molecular weight excluding hydrogens is 176 g/mol. The molecule has 1 unspecified atom stereocenters. The van der Waals surface area contributed by atoms with Gasteiger partial charge in [-0.05, 0) is 12.1 Å². The van der Waals surface area contributed by atoms with E-state index in [1.165, 1.54) is 0 Å². The van der Waals surface area contributed by atoms with Gasteiger partial charge in [0.2, 0.25) is 6.34 Å². The van der Waals surface area contributed by atoms with E-state index in [-0.39, 0.29) is 10.4 Å². The van der Waals surface area contributed by atoms with Crippen molar-refractivity contribution in [3.05, 3.63) is 48.3 Å². The maximum absolute atomic E-state index is 12.0. The molecule has 3 heteroatoms. The first kappa shape index (κ1) is 8.84. The minimum atomic E-state index is 0.0306. The molecule has 1 heterocycles. The van der Waals surface area contributed by atoms with E-state index in [1.54, 1.807) is 18.7 Å². The molecule has 0 fully saturated rings. The summed E-state index contributed by atoms with van der Waals surface area (Å²) in [6.07, 6.45) is 5.02. The van der Waals surface area contributed by atoms with Gasteiger partial charge >= 0.3 is 5.91 Å². The summed E-state index contributed by atoms with van der Waals surface area (Å²) in [4.78, 5) is 15.9. The summed E-state index contributed by atoms with van der Waals surface area (Å²) in [5.74, 6) is 0.0306. The van der Waals surface area contributed by atoms with Crippen molar-refractivity contribution < 1.29 is 9.28 Å². The fraction of sp³-hybridized carbons (Fsp3) is 0.0909. The van der Waals surface area contributed by atoms with Crippen molar-refractivity contribution in [2.75, 3.05) is 7.05 Å². The second-order valence-corrected chi connectivity index (χ2v) is 3.38. The summed E-state index contributed by atoms with van der Waals surface area (Å²) in [5, 5.41) is 0. The van der Waals surface area contributed by atoms with Crippen molar-refractivity contribution in [2.24, 2.45) is 4.99 Å². The topological polar surface area (TPSA) is 29.4 Å². The number of hydrogen-bond donors (Lipinski definition) is 0. The Morgan fingerprint density at radius 3 is 2.57 bits per heavy atom. The lowest BCUT2D eigenvalue weighted by Crippen LogP contribution is -2.41. The van der Waals surface area contributed by atoms with E-state index in [4.69, 9.17) is 0 Å². The highest BCUT2D eigenvalue weighted by molar-refractivity contribution is 5.93. The molecule has 0 aromatic heterocycles. The number of benzene rings is 1. The summed E-state index contributed by atoms with van der Waals surface area (Å²) in [5.41, 5.74) is 0.702. The number of aliphatic imine (C=N–C) groups is 1. The fourth-order valence-corrected chi connectivity index (χ4v) is 1.37. The zero-order valence-electron chi connectivity index (χ0n) is 7.92. The van der Waals surface area contributed by atoms with E-state index < -0.39 is 0 Å². The molecule has 0 aliphatic carbocycles. The van der Waals surface area contributed by atoms with Gasteiger partial charge in [-0.15, -0.1) is 0 Å². The van der Waals surface area contributed by atoms with Gasteiger partial charge in [0.15, 0.2) is 0 Å². The molecular formula is C11H11N2O+. The highest BCUT2D eigenvalue weighted by Gasteiger charge is 2.31. The van der Waals surface area contributed by atoms with Crippen molar-refractivity contribution in [1.29, 1.82) is 0 Å². The molecule has 0 N–H and O–H groups in total. The van der Waals surface area contributed by atoms with E-state index in [9.17, 15) is 4.79 Å². The highest BCUT2D eigenvalue weighted by Crippen LogP contribution is 2.13. The SMILES string of the molecule is C[N+]1(C(=O)c2ccccc2)C=CN=C1. The molecule has 2 rings (SSSR count). The fourth-order valence-electron chi connectivity index (χ4n) is 1.37. The highest BCUT2D eigenvalue weighted by atomic mass is 16.2. The van der Waals surface area contributed by atoms with Gasteiger partial charge in [-0.1, -0.05) is 18.2 Å². The molecule has 0 saturated carbocycles. The Balaban J connectivity index is 2.34. The predicted molar refractivity (Wildman–Crippen MR) is 54.6 cm³/mol.